The van der Waals surface area contributed by atoms with Crippen molar-refractivity contribution < 1.29 is 19.0 Å². The number of benzene rings is 2. The average molecular weight is 495 g/mol. The maximum atomic E-state index is 12.7. The second-order valence-electron chi connectivity index (χ2n) is 6.95. The second-order valence-corrected chi connectivity index (χ2v) is 8.27. The van der Waals surface area contributed by atoms with Crippen LogP contribution < -0.4 is 20.1 Å². The van der Waals surface area contributed by atoms with Crippen molar-refractivity contribution in [3.05, 3.63) is 52.5 Å². The Hall–Kier alpha value is -2.16. The van der Waals surface area contributed by atoms with E-state index >= 15 is 0 Å². The summed E-state index contributed by atoms with van der Waals surface area (Å²) in [7, 11) is 1.63. The maximum absolute atomic E-state index is 12.7. The van der Waals surface area contributed by atoms with Crippen LogP contribution in [0.25, 0.3) is 0 Å². The van der Waals surface area contributed by atoms with Gasteiger partial charge >= 0.3 is 0 Å². The zero-order chi connectivity index (χ0) is 21.9. The summed E-state index contributed by atoms with van der Waals surface area (Å²) in [6.07, 6.45) is 0.905. The molecule has 0 aliphatic rings. The van der Waals surface area contributed by atoms with E-state index in [0.717, 1.165) is 22.3 Å². The number of anilines is 1. The van der Waals surface area contributed by atoms with Crippen molar-refractivity contribution in [2.75, 3.05) is 32.2 Å². The third-order valence-corrected chi connectivity index (χ3v) is 4.73. The third-order valence-electron chi connectivity index (χ3n) is 4.03. The fourth-order valence-corrected chi connectivity index (χ4v) is 2.99. The summed E-state index contributed by atoms with van der Waals surface area (Å²) in [6.45, 7) is 5.80. The molecule has 2 rings (SSSR count). The van der Waals surface area contributed by atoms with E-state index in [1.165, 1.54) is 0 Å². The summed E-state index contributed by atoms with van der Waals surface area (Å²) in [5, 5.41) is 5.89. The highest BCUT2D eigenvalue weighted by Crippen LogP contribution is 2.24. The van der Waals surface area contributed by atoms with Gasteiger partial charge in [-0.3, -0.25) is 10.1 Å². The Labute approximate surface area is 191 Å². The Bertz CT molecular complexity index is 844. The van der Waals surface area contributed by atoms with Gasteiger partial charge in [-0.15, -0.1) is 0 Å². The highest BCUT2D eigenvalue weighted by molar-refractivity contribution is 9.10. The number of thiocarbonyl (C=S) groups is 1. The fourth-order valence-electron chi connectivity index (χ4n) is 2.42. The minimum Gasteiger partial charge on any atom is -0.493 e. The van der Waals surface area contributed by atoms with Crippen LogP contribution in [-0.4, -0.2) is 38.0 Å². The minimum atomic E-state index is -0.340. The third kappa shape index (κ3) is 8.30. The maximum Gasteiger partial charge on any atom is 0.261 e. The molecule has 8 heteroatoms. The monoisotopic (exact) mass is 494 g/mol. The van der Waals surface area contributed by atoms with Crippen molar-refractivity contribution in [1.29, 1.82) is 0 Å². The molecule has 0 bridgehead atoms. The number of hydrogen-bond acceptors (Lipinski definition) is 5. The van der Waals surface area contributed by atoms with Crippen molar-refractivity contribution >= 4 is 44.9 Å². The van der Waals surface area contributed by atoms with Gasteiger partial charge in [0.1, 0.15) is 18.1 Å². The molecule has 0 saturated carbocycles. The number of ether oxygens (including phenoxy) is 3. The summed E-state index contributed by atoms with van der Waals surface area (Å²) in [4.78, 5) is 12.7. The van der Waals surface area contributed by atoms with Gasteiger partial charge in [0.05, 0.1) is 18.8 Å². The second kappa shape index (κ2) is 12.5. The Balaban J connectivity index is 1.95. The SMILES string of the molecule is COCCOc1ccc(NC(=S)NC(=O)c2cc(Br)ccc2OCCC(C)C)cc1. The average Bonchev–Trinajstić information content (AvgIpc) is 2.70. The van der Waals surface area contributed by atoms with Crippen molar-refractivity contribution in [3.63, 3.8) is 0 Å². The predicted molar refractivity (Wildman–Crippen MR) is 127 cm³/mol. The van der Waals surface area contributed by atoms with E-state index in [-0.39, 0.29) is 11.0 Å². The number of halogens is 1. The molecule has 2 aromatic rings. The molecule has 0 aliphatic heterocycles. The first kappa shape index (κ1) is 24.1. The van der Waals surface area contributed by atoms with Crippen molar-refractivity contribution in [1.82, 2.24) is 5.32 Å². The van der Waals surface area contributed by atoms with Crippen LogP contribution in [0.4, 0.5) is 5.69 Å². The molecule has 0 aliphatic carbocycles. The van der Waals surface area contributed by atoms with Crippen molar-refractivity contribution in [2.45, 2.75) is 20.3 Å². The van der Waals surface area contributed by atoms with E-state index in [1.54, 1.807) is 19.2 Å². The minimum absolute atomic E-state index is 0.196. The Morgan fingerprint density at radius 1 is 1.07 bits per heavy atom. The molecular weight excluding hydrogens is 468 g/mol. The summed E-state index contributed by atoms with van der Waals surface area (Å²) in [5.74, 6) is 1.43. The normalized spacial score (nSPS) is 10.6. The van der Waals surface area contributed by atoms with Crippen LogP contribution in [0.15, 0.2) is 46.9 Å². The summed E-state index contributed by atoms with van der Waals surface area (Å²) in [6, 6.07) is 12.6. The van der Waals surface area contributed by atoms with Crippen LogP contribution in [0.1, 0.15) is 30.6 Å². The number of carbonyl (C=O) groups excluding carboxylic acids is 1. The van der Waals surface area contributed by atoms with Gasteiger partial charge in [0.15, 0.2) is 5.11 Å². The highest BCUT2D eigenvalue weighted by Gasteiger charge is 2.15. The number of nitrogens with one attached hydrogen (secondary N) is 2. The lowest BCUT2D eigenvalue weighted by atomic mass is 10.1. The van der Waals surface area contributed by atoms with Gasteiger partial charge in [0.2, 0.25) is 0 Å². The largest absolute Gasteiger partial charge is 0.493 e. The van der Waals surface area contributed by atoms with Crippen molar-refractivity contribution in [3.8, 4) is 11.5 Å². The molecule has 0 unspecified atom stereocenters. The molecule has 0 saturated heterocycles. The molecule has 162 valence electrons. The van der Waals surface area contributed by atoms with Gasteiger partial charge in [-0.25, -0.2) is 0 Å². The number of hydrogen-bond donors (Lipinski definition) is 2. The topological polar surface area (TPSA) is 68.8 Å². The molecule has 30 heavy (non-hydrogen) atoms. The Kier molecular flexibility index (Phi) is 10.1. The Morgan fingerprint density at radius 3 is 2.47 bits per heavy atom. The van der Waals surface area contributed by atoms with Gasteiger partial charge in [-0.05, 0) is 67.0 Å². The number of amides is 1. The van der Waals surface area contributed by atoms with Crippen LogP contribution in [-0.2, 0) is 4.74 Å². The lowest BCUT2D eigenvalue weighted by Crippen LogP contribution is -2.34. The van der Waals surface area contributed by atoms with E-state index in [9.17, 15) is 4.79 Å². The summed E-state index contributed by atoms with van der Waals surface area (Å²) >= 11 is 8.69. The van der Waals surface area contributed by atoms with Crippen LogP contribution in [0, 0.1) is 5.92 Å². The molecule has 6 nitrogen and oxygen atoms in total. The molecule has 2 N–H and O–H groups in total. The predicted octanol–water partition coefficient (Wildman–Crippen LogP) is 5.03. The number of methoxy groups -OCH3 is 1. The zero-order valence-corrected chi connectivity index (χ0v) is 19.8. The molecule has 1 amide bonds. The van der Waals surface area contributed by atoms with Crippen LogP contribution in [0.3, 0.4) is 0 Å². The Morgan fingerprint density at radius 2 is 1.80 bits per heavy atom. The molecule has 0 heterocycles. The van der Waals surface area contributed by atoms with Gasteiger partial charge < -0.3 is 19.5 Å². The van der Waals surface area contributed by atoms with Crippen LogP contribution >= 0.6 is 28.1 Å². The lowest BCUT2D eigenvalue weighted by molar-refractivity contribution is 0.0973. The molecule has 2 aromatic carbocycles. The lowest BCUT2D eigenvalue weighted by Gasteiger charge is -2.14. The van der Waals surface area contributed by atoms with E-state index < -0.39 is 0 Å². The van der Waals surface area contributed by atoms with Gasteiger partial charge in [-0.1, -0.05) is 29.8 Å². The van der Waals surface area contributed by atoms with Gasteiger partial charge in [0, 0.05) is 17.3 Å². The molecule has 0 radical (unpaired) electrons. The molecule has 0 aromatic heterocycles. The van der Waals surface area contributed by atoms with Crippen LogP contribution in [0.5, 0.6) is 11.5 Å². The molecular formula is C22H27BrN2O4S. The number of rotatable bonds is 10. The zero-order valence-electron chi connectivity index (χ0n) is 17.4. The van der Waals surface area contributed by atoms with E-state index in [2.05, 4.69) is 40.4 Å². The molecule has 0 atom stereocenters. The van der Waals surface area contributed by atoms with Crippen molar-refractivity contribution in [2.24, 2.45) is 5.92 Å². The number of carbonyl (C=O) groups is 1. The fraction of sp³-hybridized carbons (Fsp3) is 0.364. The van der Waals surface area contributed by atoms with E-state index in [0.29, 0.717) is 37.1 Å². The van der Waals surface area contributed by atoms with E-state index in [4.69, 9.17) is 26.4 Å². The first-order valence-electron chi connectivity index (χ1n) is 9.65. The smallest absolute Gasteiger partial charge is 0.261 e. The standard InChI is InChI=1S/C22H27BrN2O4S/c1-15(2)10-11-29-20-9-4-16(23)14-19(20)21(26)25-22(30)24-17-5-7-18(8-6-17)28-13-12-27-3/h4-9,14-15H,10-13H2,1-3H3,(H2,24,25,26,30). The van der Waals surface area contributed by atoms with Gasteiger partial charge in [0.25, 0.3) is 5.91 Å². The molecule has 0 fully saturated rings. The van der Waals surface area contributed by atoms with E-state index in [1.807, 2.05) is 30.3 Å². The first-order chi connectivity index (χ1) is 14.4. The quantitative estimate of drug-likeness (QED) is 0.356. The first-order valence-corrected chi connectivity index (χ1v) is 10.9. The summed E-state index contributed by atoms with van der Waals surface area (Å²) in [5.41, 5.74) is 1.15. The molecule has 0 spiro atoms. The summed E-state index contributed by atoms with van der Waals surface area (Å²) < 4.78 is 17.1. The van der Waals surface area contributed by atoms with Gasteiger partial charge in [-0.2, -0.15) is 0 Å². The highest BCUT2D eigenvalue weighted by atomic mass is 79.9. The van der Waals surface area contributed by atoms with Crippen LogP contribution in [0.2, 0.25) is 0 Å².